The van der Waals surface area contributed by atoms with Gasteiger partial charge in [0.05, 0.1) is 31.3 Å². The summed E-state index contributed by atoms with van der Waals surface area (Å²) in [5, 5.41) is 13.7. The van der Waals surface area contributed by atoms with E-state index in [1.807, 2.05) is 67.7 Å². The molecule has 0 spiro atoms. The molecule has 5 rings (SSSR count). The molecule has 41 heavy (non-hydrogen) atoms. The minimum Gasteiger partial charge on any atom is -0.467 e. The Morgan fingerprint density at radius 3 is 2.34 bits per heavy atom. The lowest BCUT2D eigenvalue weighted by molar-refractivity contribution is -0.158. The Morgan fingerprint density at radius 1 is 1.02 bits per heavy atom. The van der Waals surface area contributed by atoms with Crippen molar-refractivity contribution in [2.24, 2.45) is 5.10 Å². The number of nitrogens with one attached hydrogen (secondary N) is 2. The molecule has 2 aromatic carbocycles. The third-order valence-electron chi connectivity index (χ3n) is 8.08. The lowest BCUT2D eigenvalue weighted by Crippen LogP contribution is -2.68. The molecule has 1 aromatic heterocycles. The summed E-state index contributed by atoms with van der Waals surface area (Å²) < 4.78 is 5.59. The molecule has 0 amide bonds. The highest BCUT2D eigenvalue weighted by Crippen LogP contribution is 2.50. The number of fused-ring (bicyclic) bond motifs is 1. The summed E-state index contributed by atoms with van der Waals surface area (Å²) in [6.07, 6.45) is 8.06. The van der Waals surface area contributed by atoms with Crippen LogP contribution in [-0.4, -0.2) is 70.8 Å². The largest absolute Gasteiger partial charge is 0.467 e. The highest BCUT2D eigenvalue weighted by molar-refractivity contribution is 6.43. The summed E-state index contributed by atoms with van der Waals surface area (Å²) in [6, 6.07) is 20.4. The van der Waals surface area contributed by atoms with Crippen molar-refractivity contribution in [3.05, 3.63) is 108 Å². The summed E-state index contributed by atoms with van der Waals surface area (Å²) >= 11 is 0. The molecule has 0 fully saturated rings. The number of aromatic nitrogens is 2. The number of esters is 1. The summed E-state index contributed by atoms with van der Waals surface area (Å²) in [6.45, 7) is 2.61. The van der Waals surface area contributed by atoms with Crippen LogP contribution in [0.5, 0.6) is 0 Å². The number of benzene rings is 2. The van der Waals surface area contributed by atoms with E-state index in [2.05, 4.69) is 39.7 Å². The van der Waals surface area contributed by atoms with Crippen LogP contribution in [0.4, 0.5) is 0 Å². The number of carbonyl (C=O) groups excluding carboxylic acids is 2. The van der Waals surface area contributed by atoms with E-state index in [9.17, 15) is 9.59 Å². The molecule has 2 aliphatic rings. The fourth-order valence-corrected chi connectivity index (χ4v) is 5.94. The monoisotopic (exact) mass is 552 g/mol. The Balaban J connectivity index is 1.70. The molecule has 0 radical (unpaired) electrons. The van der Waals surface area contributed by atoms with Crippen molar-refractivity contribution in [3.8, 4) is 0 Å². The Morgan fingerprint density at radius 2 is 1.73 bits per heavy atom. The van der Waals surface area contributed by atoms with Gasteiger partial charge in [-0.05, 0) is 30.7 Å². The maximum Gasteiger partial charge on any atom is 0.336 e. The van der Waals surface area contributed by atoms with Crippen molar-refractivity contribution in [1.82, 2.24) is 25.6 Å². The summed E-state index contributed by atoms with van der Waals surface area (Å²) in [7, 11) is 3.30. The summed E-state index contributed by atoms with van der Waals surface area (Å²) in [4.78, 5) is 36.6. The third-order valence-corrected chi connectivity index (χ3v) is 8.08. The predicted molar refractivity (Wildman–Crippen MR) is 157 cm³/mol. The van der Waals surface area contributed by atoms with Gasteiger partial charge in [-0.25, -0.2) is 14.8 Å². The summed E-state index contributed by atoms with van der Waals surface area (Å²) in [5.41, 5.74) is 1.39. The number of likely N-dealkylation sites (N-methyl/N-ethyl adjacent to an activating group) is 1. The normalized spacial score (nSPS) is 23.9. The molecule has 3 heterocycles. The van der Waals surface area contributed by atoms with Crippen LogP contribution in [0.15, 0.2) is 96.5 Å². The first kappa shape index (κ1) is 28.3. The second-order valence-electron chi connectivity index (χ2n) is 10.3. The quantitative estimate of drug-likeness (QED) is 0.276. The van der Waals surface area contributed by atoms with E-state index in [1.54, 1.807) is 17.3 Å². The fraction of sp³-hybridized carbons (Fsp3) is 0.344. The van der Waals surface area contributed by atoms with Crippen LogP contribution < -0.4 is 10.6 Å². The smallest absolute Gasteiger partial charge is 0.336 e. The van der Waals surface area contributed by atoms with Crippen molar-refractivity contribution >= 4 is 17.5 Å². The van der Waals surface area contributed by atoms with Gasteiger partial charge in [0.25, 0.3) is 0 Å². The first-order valence-corrected chi connectivity index (χ1v) is 14.0. The van der Waals surface area contributed by atoms with E-state index in [-0.39, 0.29) is 24.0 Å². The van der Waals surface area contributed by atoms with Crippen molar-refractivity contribution in [3.63, 3.8) is 0 Å². The molecule has 9 nitrogen and oxygen atoms in total. The van der Waals surface area contributed by atoms with Crippen LogP contribution in [0.1, 0.15) is 42.1 Å². The van der Waals surface area contributed by atoms with Crippen LogP contribution >= 0.6 is 0 Å². The molecule has 5 unspecified atom stereocenters. The molecule has 0 bridgehead atoms. The van der Waals surface area contributed by atoms with Crippen molar-refractivity contribution in [1.29, 1.82) is 0 Å². The van der Waals surface area contributed by atoms with Gasteiger partial charge in [-0.1, -0.05) is 79.7 Å². The number of Topliss-reactive ketones (excluding diaryl/α,β-unsaturated/α-hetero) is 1. The molecular formula is C32H36N6O3. The maximum atomic E-state index is 14.3. The molecule has 3 aromatic rings. The average Bonchev–Trinajstić information content (AvgIpc) is 3.38. The lowest BCUT2D eigenvalue weighted by Gasteiger charge is -2.49. The number of rotatable bonds is 11. The Bertz CT molecular complexity index is 1390. The lowest BCUT2D eigenvalue weighted by atomic mass is 9.69. The summed E-state index contributed by atoms with van der Waals surface area (Å²) in [5.74, 6) is -1.12. The standard InChI is InChI=1S/C32H36N6O3/c1-4-24(33-2)20-35-30-29(28(39)19-25-17-18-34-21-36-25)37-38-27(23-13-9-6-10-14-23)16-15-26(22-11-7-5-8-12-22)32(30,38)31(40)41-3/h5-18,21,24,26-27,30,33,35H,4,19-20H2,1-3H3. The van der Waals surface area contributed by atoms with Gasteiger partial charge in [-0.15, -0.1) is 0 Å². The fourth-order valence-electron chi connectivity index (χ4n) is 5.94. The van der Waals surface area contributed by atoms with Gasteiger partial charge in [0.15, 0.2) is 11.3 Å². The minimum atomic E-state index is -1.37. The van der Waals surface area contributed by atoms with Crippen molar-refractivity contribution in [2.45, 2.75) is 49.3 Å². The molecule has 5 atom stereocenters. The van der Waals surface area contributed by atoms with Crippen LogP contribution in [0, 0.1) is 0 Å². The first-order chi connectivity index (χ1) is 20.0. The van der Waals surface area contributed by atoms with E-state index in [0.717, 1.165) is 17.5 Å². The maximum absolute atomic E-state index is 14.3. The van der Waals surface area contributed by atoms with Gasteiger partial charge >= 0.3 is 5.97 Å². The number of nitrogens with zero attached hydrogens (tertiary/aromatic N) is 4. The number of ketones is 1. The predicted octanol–water partition coefficient (Wildman–Crippen LogP) is 3.22. The highest BCUT2D eigenvalue weighted by Gasteiger charge is 2.65. The van der Waals surface area contributed by atoms with E-state index in [1.165, 1.54) is 13.4 Å². The molecule has 2 aliphatic heterocycles. The topological polar surface area (TPSA) is 109 Å². The van der Waals surface area contributed by atoms with Crippen LogP contribution in [0.3, 0.4) is 0 Å². The van der Waals surface area contributed by atoms with Crippen molar-refractivity contribution in [2.75, 3.05) is 20.7 Å². The zero-order chi connectivity index (χ0) is 28.8. The number of hydrogen-bond donors (Lipinski definition) is 2. The zero-order valence-corrected chi connectivity index (χ0v) is 23.6. The molecule has 0 saturated heterocycles. The van der Waals surface area contributed by atoms with Gasteiger partial charge in [0.2, 0.25) is 0 Å². The number of methoxy groups -OCH3 is 1. The molecule has 0 saturated carbocycles. The van der Waals surface area contributed by atoms with E-state index < -0.39 is 29.5 Å². The van der Waals surface area contributed by atoms with Crippen LogP contribution in [0.2, 0.25) is 0 Å². The van der Waals surface area contributed by atoms with E-state index in [0.29, 0.717) is 12.2 Å². The first-order valence-electron chi connectivity index (χ1n) is 14.0. The van der Waals surface area contributed by atoms with Crippen LogP contribution in [-0.2, 0) is 20.7 Å². The van der Waals surface area contributed by atoms with Gasteiger partial charge < -0.3 is 15.4 Å². The van der Waals surface area contributed by atoms with Crippen molar-refractivity contribution < 1.29 is 14.3 Å². The van der Waals surface area contributed by atoms with E-state index in [4.69, 9.17) is 9.84 Å². The van der Waals surface area contributed by atoms with Gasteiger partial charge in [-0.3, -0.25) is 9.80 Å². The molecule has 0 aliphatic carbocycles. The van der Waals surface area contributed by atoms with Gasteiger partial charge in [0, 0.05) is 24.7 Å². The zero-order valence-electron chi connectivity index (χ0n) is 23.6. The Labute approximate surface area is 240 Å². The number of hydrogen-bond acceptors (Lipinski definition) is 9. The molecule has 212 valence electrons. The second-order valence-corrected chi connectivity index (χ2v) is 10.3. The Hall–Kier alpha value is -4.21. The molecule has 2 N–H and O–H groups in total. The van der Waals surface area contributed by atoms with Gasteiger partial charge in [0.1, 0.15) is 12.0 Å². The number of ether oxygens (including phenoxy) is 1. The SMILES string of the molecule is CCC(CNC1C(C(=O)Cc2ccncn2)=NN2C(c3ccccc3)C=CC(c3ccccc3)C12C(=O)OC)NC. The number of carbonyl (C=O) groups is 2. The number of hydrazone groups is 1. The highest BCUT2D eigenvalue weighted by atomic mass is 16.5. The van der Waals surface area contributed by atoms with Crippen LogP contribution in [0.25, 0.3) is 0 Å². The minimum absolute atomic E-state index is 0.0350. The third kappa shape index (κ3) is 5.30. The average molecular weight is 553 g/mol. The Kier molecular flexibility index (Phi) is 8.66. The molecule has 9 heteroatoms. The van der Waals surface area contributed by atoms with Gasteiger partial charge in [-0.2, -0.15) is 5.10 Å². The second kappa shape index (κ2) is 12.5. The van der Waals surface area contributed by atoms with E-state index >= 15 is 0 Å². The molecular weight excluding hydrogens is 516 g/mol.